The van der Waals surface area contributed by atoms with Crippen LogP contribution in [-0.2, 0) is 0 Å². The first-order valence-corrected chi connectivity index (χ1v) is 6.93. The van der Waals surface area contributed by atoms with Crippen molar-refractivity contribution in [2.24, 2.45) is 0 Å². The summed E-state index contributed by atoms with van der Waals surface area (Å²) in [6.45, 7) is 4.70. The van der Waals surface area contributed by atoms with E-state index >= 15 is 0 Å². The summed E-state index contributed by atoms with van der Waals surface area (Å²) >= 11 is 11.8. The third-order valence-corrected chi connectivity index (χ3v) is 2.88. The average Bonchev–Trinajstić information content (AvgIpc) is 2.40. The van der Waals surface area contributed by atoms with Crippen LogP contribution >= 0.6 is 23.2 Å². The minimum atomic E-state index is 0.0771. The van der Waals surface area contributed by atoms with Crippen LogP contribution in [0.4, 0.5) is 5.95 Å². The zero-order valence-corrected chi connectivity index (χ0v) is 12.7. The Kier molecular flexibility index (Phi) is 4.98. The number of hydrogen-bond acceptors (Lipinski definition) is 5. The predicted molar refractivity (Wildman–Crippen MR) is 79.9 cm³/mol. The summed E-state index contributed by atoms with van der Waals surface area (Å²) < 4.78 is 5.62. The van der Waals surface area contributed by atoms with Gasteiger partial charge in [-0.05, 0) is 42.6 Å². The molecule has 0 saturated carbocycles. The van der Waals surface area contributed by atoms with E-state index in [-0.39, 0.29) is 11.3 Å². The first kappa shape index (κ1) is 14.8. The highest BCUT2D eigenvalue weighted by atomic mass is 35.5. The molecule has 0 atom stereocenters. The van der Waals surface area contributed by atoms with Crippen LogP contribution in [0.25, 0.3) is 0 Å². The Morgan fingerprint density at radius 1 is 1.20 bits per heavy atom. The summed E-state index contributed by atoms with van der Waals surface area (Å²) in [4.78, 5) is 12.1. The Labute approximate surface area is 127 Å². The molecule has 0 aliphatic rings. The Morgan fingerprint density at radius 2 is 2.00 bits per heavy atom. The molecule has 0 aliphatic carbocycles. The third-order valence-electron chi connectivity index (χ3n) is 2.47. The van der Waals surface area contributed by atoms with E-state index in [4.69, 9.17) is 27.9 Å². The van der Waals surface area contributed by atoms with Crippen molar-refractivity contribution in [2.45, 2.75) is 20.3 Å². The van der Waals surface area contributed by atoms with Crippen molar-refractivity contribution in [3.8, 4) is 11.8 Å². The van der Waals surface area contributed by atoms with E-state index in [2.05, 4.69) is 20.3 Å². The van der Waals surface area contributed by atoms with Gasteiger partial charge < -0.3 is 10.1 Å². The smallest absolute Gasteiger partial charge is 0.328 e. The van der Waals surface area contributed by atoms with Gasteiger partial charge in [-0.2, -0.15) is 15.0 Å². The molecular formula is C13H14Cl2N4O. The fourth-order valence-corrected chi connectivity index (χ4v) is 1.79. The van der Waals surface area contributed by atoms with Gasteiger partial charge in [0.05, 0.1) is 0 Å². The zero-order chi connectivity index (χ0) is 14.5. The first-order valence-electron chi connectivity index (χ1n) is 6.18. The lowest BCUT2D eigenvalue weighted by atomic mass is 10.2. The molecule has 20 heavy (non-hydrogen) atoms. The molecule has 5 nitrogen and oxygen atoms in total. The van der Waals surface area contributed by atoms with Gasteiger partial charge in [-0.15, -0.1) is 0 Å². The molecule has 0 spiro atoms. The number of aromatic nitrogens is 3. The van der Waals surface area contributed by atoms with E-state index < -0.39 is 0 Å². The van der Waals surface area contributed by atoms with Gasteiger partial charge in [-0.25, -0.2) is 0 Å². The number of hydrogen-bond donors (Lipinski definition) is 1. The lowest BCUT2D eigenvalue weighted by molar-refractivity contribution is 0.437. The average molecular weight is 313 g/mol. The van der Waals surface area contributed by atoms with Crippen LogP contribution in [0.5, 0.6) is 11.8 Å². The van der Waals surface area contributed by atoms with E-state index in [9.17, 15) is 0 Å². The maximum absolute atomic E-state index is 5.94. The summed E-state index contributed by atoms with van der Waals surface area (Å²) in [6.07, 6.45) is 0.951. The number of anilines is 1. The molecule has 0 fully saturated rings. The van der Waals surface area contributed by atoms with E-state index in [0.29, 0.717) is 16.7 Å². The van der Waals surface area contributed by atoms with Gasteiger partial charge in [0.2, 0.25) is 11.2 Å². The molecular weight excluding hydrogens is 299 g/mol. The number of ether oxygens (including phenoxy) is 1. The molecule has 1 aromatic heterocycles. The maximum atomic E-state index is 5.94. The van der Waals surface area contributed by atoms with E-state index in [0.717, 1.165) is 18.5 Å². The van der Waals surface area contributed by atoms with Crippen LogP contribution in [0.1, 0.15) is 18.9 Å². The van der Waals surface area contributed by atoms with Crippen molar-refractivity contribution >= 4 is 29.2 Å². The van der Waals surface area contributed by atoms with Gasteiger partial charge in [-0.3, -0.25) is 0 Å². The van der Waals surface area contributed by atoms with Crippen LogP contribution in [0.2, 0.25) is 10.3 Å². The lowest BCUT2D eigenvalue weighted by Crippen LogP contribution is -2.06. The highest BCUT2D eigenvalue weighted by molar-refractivity contribution is 6.30. The number of aryl methyl sites for hydroxylation is 1. The Bertz CT molecular complexity index is 607. The third kappa shape index (κ3) is 3.95. The molecule has 1 heterocycles. The topological polar surface area (TPSA) is 59.9 Å². The highest BCUT2D eigenvalue weighted by Gasteiger charge is 2.09. The number of halogens is 2. The van der Waals surface area contributed by atoms with E-state index in [1.165, 1.54) is 0 Å². The van der Waals surface area contributed by atoms with Crippen LogP contribution in [0, 0.1) is 6.92 Å². The lowest BCUT2D eigenvalue weighted by Gasteiger charge is -2.09. The molecule has 106 valence electrons. The van der Waals surface area contributed by atoms with Crippen LogP contribution in [0.3, 0.4) is 0 Å². The highest BCUT2D eigenvalue weighted by Crippen LogP contribution is 2.26. The fraction of sp³-hybridized carbons (Fsp3) is 0.308. The van der Waals surface area contributed by atoms with Crippen LogP contribution in [0.15, 0.2) is 18.2 Å². The van der Waals surface area contributed by atoms with Crippen LogP contribution in [-0.4, -0.2) is 21.5 Å². The quantitative estimate of drug-likeness (QED) is 0.900. The Hall–Kier alpha value is -1.59. The van der Waals surface area contributed by atoms with Crippen molar-refractivity contribution in [3.63, 3.8) is 0 Å². The normalized spacial score (nSPS) is 10.4. The number of benzene rings is 1. The molecule has 0 unspecified atom stereocenters. The van der Waals surface area contributed by atoms with Crippen molar-refractivity contribution in [2.75, 3.05) is 11.9 Å². The molecule has 0 radical (unpaired) electrons. The second kappa shape index (κ2) is 6.72. The minimum absolute atomic E-state index is 0.0771. The SMILES string of the molecule is CCCNc1nc(Cl)nc(Oc2cc(Cl)ccc2C)n1. The van der Waals surface area contributed by atoms with Crippen molar-refractivity contribution in [1.82, 2.24) is 15.0 Å². The van der Waals surface area contributed by atoms with E-state index in [1.807, 2.05) is 19.9 Å². The summed E-state index contributed by atoms with van der Waals surface area (Å²) in [7, 11) is 0. The number of nitrogens with zero attached hydrogens (tertiary/aromatic N) is 3. The van der Waals surface area contributed by atoms with Gasteiger partial charge in [0, 0.05) is 11.6 Å². The zero-order valence-electron chi connectivity index (χ0n) is 11.2. The molecule has 1 N–H and O–H groups in total. The molecule has 2 aromatic rings. The Balaban J connectivity index is 2.24. The minimum Gasteiger partial charge on any atom is -0.424 e. The van der Waals surface area contributed by atoms with Gasteiger partial charge >= 0.3 is 6.01 Å². The molecule has 7 heteroatoms. The fourth-order valence-electron chi connectivity index (χ4n) is 1.48. The Morgan fingerprint density at radius 3 is 2.75 bits per heavy atom. The molecule has 0 amide bonds. The number of nitrogens with one attached hydrogen (secondary N) is 1. The predicted octanol–water partition coefficient (Wildman–Crippen LogP) is 4.10. The van der Waals surface area contributed by atoms with Gasteiger partial charge in [0.1, 0.15) is 5.75 Å². The summed E-state index contributed by atoms with van der Waals surface area (Å²) in [5.74, 6) is 0.975. The second-order valence-corrected chi connectivity index (χ2v) is 4.92. The molecule has 0 saturated heterocycles. The van der Waals surface area contributed by atoms with Crippen LogP contribution < -0.4 is 10.1 Å². The standard InChI is InChI=1S/C13H14Cl2N4O/c1-3-6-16-12-17-11(15)18-13(19-12)20-10-7-9(14)5-4-8(10)2/h4-5,7H,3,6H2,1-2H3,(H,16,17,18,19). The first-order chi connectivity index (χ1) is 9.58. The summed E-state index contributed by atoms with van der Waals surface area (Å²) in [5, 5.41) is 3.69. The van der Waals surface area contributed by atoms with Crippen molar-refractivity contribution in [1.29, 1.82) is 0 Å². The second-order valence-electron chi connectivity index (χ2n) is 4.15. The van der Waals surface area contributed by atoms with Gasteiger partial charge in [0.25, 0.3) is 0 Å². The van der Waals surface area contributed by atoms with Gasteiger partial charge in [-0.1, -0.05) is 24.6 Å². The maximum Gasteiger partial charge on any atom is 0.328 e. The van der Waals surface area contributed by atoms with Gasteiger partial charge in [0.15, 0.2) is 0 Å². The van der Waals surface area contributed by atoms with Crippen molar-refractivity contribution in [3.05, 3.63) is 34.1 Å². The number of rotatable bonds is 5. The largest absolute Gasteiger partial charge is 0.424 e. The molecule has 2 rings (SSSR count). The summed E-state index contributed by atoms with van der Waals surface area (Å²) in [6, 6.07) is 5.48. The summed E-state index contributed by atoms with van der Waals surface area (Å²) in [5.41, 5.74) is 0.925. The molecule has 0 bridgehead atoms. The molecule has 1 aromatic carbocycles. The monoisotopic (exact) mass is 312 g/mol. The van der Waals surface area contributed by atoms with E-state index in [1.54, 1.807) is 12.1 Å². The molecule has 0 aliphatic heterocycles. The van der Waals surface area contributed by atoms with Crippen molar-refractivity contribution < 1.29 is 4.74 Å².